The van der Waals surface area contributed by atoms with Gasteiger partial charge in [-0.1, -0.05) is 140 Å². The zero-order chi connectivity index (χ0) is 26.0. The zero-order valence-corrected chi connectivity index (χ0v) is 23.1. The molecule has 0 radical (unpaired) electrons. The number of hydrogen-bond acceptors (Lipinski definition) is 1. The minimum Gasteiger partial charge on any atom is -0.456 e. The van der Waals surface area contributed by atoms with Crippen LogP contribution in [0.2, 0.25) is 0 Å². The molecular weight excluding hydrogens is 510 g/mol. The summed E-state index contributed by atoms with van der Waals surface area (Å²) in [4.78, 5) is 0. The first-order chi connectivity index (χ1) is 19.4. The van der Waals surface area contributed by atoms with Crippen molar-refractivity contribution < 1.29 is 4.42 Å². The minimum atomic E-state index is -0.761. The van der Waals surface area contributed by atoms with Crippen molar-refractivity contribution in [3.63, 3.8) is 0 Å². The van der Waals surface area contributed by atoms with Gasteiger partial charge in [0, 0.05) is 10.8 Å². The second-order valence-electron chi connectivity index (χ2n) is 9.45. The molecule has 3 heteroatoms. The summed E-state index contributed by atoms with van der Waals surface area (Å²) in [5.41, 5.74) is 1.89. The molecule has 1 nitrogen and oxygen atoms in total. The second kappa shape index (κ2) is 10.6. The lowest BCUT2D eigenvalue weighted by Crippen LogP contribution is -2.21. The largest absolute Gasteiger partial charge is 0.456 e. The van der Waals surface area contributed by atoms with Gasteiger partial charge in [-0.3, -0.25) is 0 Å². The van der Waals surface area contributed by atoms with E-state index in [2.05, 4.69) is 158 Å². The van der Waals surface area contributed by atoms with Gasteiger partial charge in [0.15, 0.2) is 0 Å². The van der Waals surface area contributed by atoms with Gasteiger partial charge in [-0.25, -0.2) is 0 Å². The first-order valence-electron chi connectivity index (χ1n) is 13.1. The summed E-state index contributed by atoms with van der Waals surface area (Å²) in [6, 6.07) is 57.0. The highest BCUT2D eigenvalue weighted by atomic mass is 31.1. The maximum absolute atomic E-state index is 6.48. The highest BCUT2D eigenvalue weighted by Crippen LogP contribution is 2.40. The lowest BCUT2D eigenvalue weighted by molar-refractivity contribution is 0.669. The van der Waals surface area contributed by atoms with Crippen LogP contribution in [0.25, 0.3) is 21.9 Å². The minimum absolute atomic E-state index is 0.705. The molecule has 0 aliphatic heterocycles. The van der Waals surface area contributed by atoms with E-state index in [4.69, 9.17) is 4.42 Å². The number of fused-ring (bicyclic) bond motifs is 3. The number of hydrogen-bond donors (Lipinski definition) is 0. The van der Waals surface area contributed by atoms with Crippen LogP contribution < -0.4 is 31.8 Å². The van der Waals surface area contributed by atoms with Crippen LogP contribution in [0, 0.1) is 0 Å². The van der Waals surface area contributed by atoms with E-state index in [0.29, 0.717) is 0 Å². The monoisotopic (exact) mass is 536 g/mol. The molecule has 0 spiro atoms. The van der Waals surface area contributed by atoms with Gasteiger partial charge in [0.05, 0.1) is 0 Å². The Bertz CT molecular complexity index is 1770. The molecule has 1 aromatic heterocycles. The fourth-order valence-corrected chi connectivity index (χ4v) is 10.1. The zero-order valence-electron chi connectivity index (χ0n) is 21.3. The van der Waals surface area contributed by atoms with E-state index >= 15 is 0 Å². The summed E-state index contributed by atoms with van der Waals surface area (Å²) in [7, 11) is -1.47. The Balaban J connectivity index is 1.48. The van der Waals surface area contributed by atoms with Gasteiger partial charge in [-0.15, -0.1) is 0 Å². The van der Waals surface area contributed by atoms with Gasteiger partial charge in [0.1, 0.15) is 11.2 Å². The van der Waals surface area contributed by atoms with Crippen molar-refractivity contribution in [1.82, 2.24) is 0 Å². The van der Waals surface area contributed by atoms with Crippen molar-refractivity contribution >= 4 is 69.6 Å². The van der Waals surface area contributed by atoms with Crippen molar-refractivity contribution in [2.75, 3.05) is 0 Å². The maximum Gasteiger partial charge on any atom is 0.136 e. The summed E-state index contributed by atoms with van der Waals surface area (Å²) < 4.78 is 6.48. The molecule has 7 rings (SSSR count). The quantitative estimate of drug-likeness (QED) is 0.207. The molecule has 0 fully saturated rings. The van der Waals surface area contributed by atoms with Gasteiger partial charge in [0.25, 0.3) is 0 Å². The molecule has 1 heterocycles. The molecule has 0 atom stereocenters. The van der Waals surface area contributed by atoms with Crippen molar-refractivity contribution in [1.29, 1.82) is 0 Å². The van der Waals surface area contributed by atoms with E-state index in [0.717, 1.165) is 11.2 Å². The molecule has 0 N–H and O–H groups in total. The van der Waals surface area contributed by atoms with E-state index in [1.54, 1.807) is 0 Å². The van der Waals surface area contributed by atoms with Gasteiger partial charge in [-0.2, -0.15) is 0 Å². The first-order valence-corrected chi connectivity index (χ1v) is 15.8. The topological polar surface area (TPSA) is 13.1 Å². The molecule has 6 aromatic carbocycles. The Morgan fingerprint density at radius 2 is 0.846 bits per heavy atom. The number of furan rings is 1. The second-order valence-corrected chi connectivity index (χ2v) is 13.9. The van der Waals surface area contributed by atoms with E-state index < -0.39 is 15.8 Å². The number of rotatable bonds is 6. The molecule has 0 aliphatic rings. The van der Waals surface area contributed by atoms with Crippen LogP contribution in [0.1, 0.15) is 0 Å². The molecule has 39 heavy (non-hydrogen) atoms. The van der Waals surface area contributed by atoms with Crippen LogP contribution in [0.15, 0.2) is 162 Å². The van der Waals surface area contributed by atoms with Crippen LogP contribution in [0.3, 0.4) is 0 Å². The highest BCUT2D eigenvalue weighted by Gasteiger charge is 2.23. The van der Waals surface area contributed by atoms with Gasteiger partial charge >= 0.3 is 0 Å². The van der Waals surface area contributed by atoms with Crippen molar-refractivity contribution in [3.05, 3.63) is 158 Å². The van der Waals surface area contributed by atoms with E-state index in [-0.39, 0.29) is 0 Å². The third kappa shape index (κ3) is 4.59. The lowest BCUT2D eigenvalue weighted by Gasteiger charge is -2.21. The van der Waals surface area contributed by atoms with E-state index in [1.807, 2.05) is 0 Å². The smallest absolute Gasteiger partial charge is 0.136 e. The highest BCUT2D eigenvalue weighted by molar-refractivity contribution is 7.80. The van der Waals surface area contributed by atoms with Crippen molar-refractivity contribution in [2.24, 2.45) is 0 Å². The molecule has 0 amide bonds. The lowest BCUT2D eigenvalue weighted by atomic mass is 10.1. The Hall–Kier alpha value is -4.02. The van der Waals surface area contributed by atoms with Gasteiger partial charge in [-0.05, 0) is 65.9 Å². The molecular formula is C36H26OP2. The summed E-state index contributed by atoms with van der Waals surface area (Å²) in [5.74, 6) is 0. The van der Waals surface area contributed by atoms with Crippen LogP contribution in [-0.2, 0) is 0 Å². The summed E-state index contributed by atoms with van der Waals surface area (Å²) in [6.45, 7) is 0. The Morgan fingerprint density at radius 1 is 0.359 bits per heavy atom. The summed E-state index contributed by atoms with van der Waals surface area (Å²) in [5, 5.41) is 10.5. The fraction of sp³-hybridized carbons (Fsp3) is 0. The van der Waals surface area contributed by atoms with Crippen LogP contribution in [0.5, 0.6) is 0 Å². The third-order valence-electron chi connectivity index (χ3n) is 7.01. The standard InChI is InChI=1S/C36H26OP2/c1-5-14-27(15-6-1)38(28-16-7-2-8-17-28)31-24-25-33-32(26-31)36-34(37-33)22-13-23-35(36)39(29-18-9-3-10-19-29)30-20-11-4-12-21-30/h1-26H. The normalized spacial score (nSPS) is 11.5. The molecule has 0 bridgehead atoms. The molecule has 7 aromatic rings. The van der Waals surface area contributed by atoms with Crippen LogP contribution in [-0.4, -0.2) is 0 Å². The molecule has 0 unspecified atom stereocenters. The predicted octanol–water partition coefficient (Wildman–Crippen LogP) is 7.10. The average Bonchev–Trinajstić information content (AvgIpc) is 3.39. The Morgan fingerprint density at radius 3 is 1.36 bits per heavy atom. The SMILES string of the molecule is c1ccc(P(c2ccccc2)c2ccc3oc4cccc(P(c5ccccc5)c5ccccc5)c4c3c2)cc1. The van der Waals surface area contributed by atoms with Crippen LogP contribution in [0.4, 0.5) is 0 Å². The van der Waals surface area contributed by atoms with Crippen molar-refractivity contribution in [2.45, 2.75) is 0 Å². The average molecular weight is 537 g/mol. The number of benzene rings is 6. The first kappa shape index (κ1) is 24.1. The Kier molecular flexibility index (Phi) is 6.55. The fourth-order valence-electron chi connectivity index (χ4n) is 5.30. The van der Waals surface area contributed by atoms with E-state index in [9.17, 15) is 0 Å². The molecule has 0 aliphatic carbocycles. The van der Waals surface area contributed by atoms with Crippen molar-refractivity contribution in [3.8, 4) is 0 Å². The van der Waals surface area contributed by atoms with Gasteiger partial charge < -0.3 is 4.42 Å². The van der Waals surface area contributed by atoms with E-state index in [1.165, 1.54) is 42.6 Å². The maximum atomic E-state index is 6.48. The Labute approximate surface area is 231 Å². The van der Waals surface area contributed by atoms with Crippen LogP contribution >= 0.6 is 15.8 Å². The van der Waals surface area contributed by atoms with Gasteiger partial charge in [0.2, 0.25) is 0 Å². The third-order valence-corrected chi connectivity index (χ3v) is 11.9. The molecule has 186 valence electrons. The summed E-state index contributed by atoms with van der Waals surface area (Å²) >= 11 is 0. The molecule has 0 saturated heterocycles. The summed E-state index contributed by atoms with van der Waals surface area (Å²) in [6.07, 6.45) is 0. The molecule has 0 saturated carbocycles. The predicted molar refractivity (Wildman–Crippen MR) is 171 cm³/mol.